The Balaban J connectivity index is 2.08. The third kappa shape index (κ3) is 2.04. The normalized spacial score (nSPS) is 38.9. The standard InChI is InChI=1S/C11H17NO4/c13-6-12-5-7-1-2-9(14)3-8(7)4-10(12)11(15)16/h6-10,14H,1-5H2,(H,15,16)/t7-,8+,9-,10-/m0/s1. The van der Waals surface area contributed by atoms with E-state index >= 15 is 0 Å². The second kappa shape index (κ2) is 4.41. The van der Waals surface area contributed by atoms with Gasteiger partial charge in [0.15, 0.2) is 0 Å². The first-order chi connectivity index (χ1) is 7.61. The average molecular weight is 227 g/mol. The van der Waals surface area contributed by atoms with Gasteiger partial charge in [0.25, 0.3) is 0 Å². The molecule has 1 amide bonds. The molecule has 0 unspecified atom stereocenters. The van der Waals surface area contributed by atoms with Crippen LogP contribution >= 0.6 is 0 Å². The third-order valence-electron chi connectivity index (χ3n) is 3.90. The van der Waals surface area contributed by atoms with E-state index in [-0.39, 0.29) is 12.0 Å². The molecule has 0 aromatic carbocycles. The van der Waals surface area contributed by atoms with Crippen molar-refractivity contribution in [3.05, 3.63) is 0 Å². The fourth-order valence-electron chi connectivity index (χ4n) is 3.01. The van der Waals surface area contributed by atoms with E-state index in [0.29, 0.717) is 31.7 Å². The molecule has 2 rings (SSSR count). The molecule has 90 valence electrons. The van der Waals surface area contributed by atoms with Gasteiger partial charge in [-0.25, -0.2) is 4.79 Å². The Morgan fingerprint density at radius 3 is 2.62 bits per heavy atom. The summed E-state index contributed by atoms with van der Waals surface area (Å²) in [4.78, 5) is 23.2. The molecule has 2 N–H and O–H groups in total. The molecule has 1 saturated heterocycles. The first-order valence-electron chi connectivity index (χ1n) is 5.73. The number of aliphatic hydroxyl groups excluding tert-OH is 1. The maximum atomic E-state index is 11.0. The molecule has 0 radical (unpaired) electrons. The number of fused-ring (bicyclic) bond motifs is 1. The summed E-state index contributed by atoms with van der Waals surface area (Å²) in [5.74, 6) is -0.323. The third-order valence-corrected chi connectivity index (χ3v) is 3.90. The second-order valence-electron chi connectivity index (χ2n) is 4.88. The first-order valence-corrected chi connectivity index (χ1v) is 5.73. The van der Waals surface area contributed by atoms with E-state index in [1.165, 1.54) is 4.90 Å². The van der Waals surface area contributed by atoms with Crippen molar-refractivity contribution < 1.29 is 19.8 Å². The topological polar surface area (TPSA) is 77.8 Å². The molecule has 0 aromatic heterocycles. The Bertz CT molecular complexity index is 294. The molecule has 2 fully saturated rings. The van der Waals surface area contributed by atoms with E-state index < -0.39 is 12.0 Å². The first kappa shape index (κ1) is 11.4. The molecule has 5 nitrogen and oxygen atoms in total. The van der Waals surface area contributed by atoms with Crippen molar-refractivity contribution >= 4 is 12.4 Å². The molecular formula is C11H17NO4. The zero-order chi connectivity index (χ0) is 11.7. The number of nitrogens with zero attached hydrogens (tertiary/aromatic N) is 1. The van der Waals surface area contributed by atoms with E-state index in [9.17, 15) is 14.7 Å². The van der Waals surface area contributed by atoms with Crippen LogP contribution in [0, 0.1) is 11.8 Å². The van der Waals surface area contributed by atoms with Crippen LogP contribution in [0.5, 0.6) is 0 Å². The van der Waals surface area contributed by atoms with Crippen LogP contribution in [0.25, 0.3) is 0 Å². The second-order valence-corrected chi connectivity index (χ2v) is 4.88. The van der Waals surface area contributed by atoms with Gasteiger partial charge in [0.05, 0.1) is 6.10 Å². The summed E-state index contributed by atoms with van der Waals surface area (Å²) in [6.45, 7) is 0.526. The van der Waals surface area contributed by atoms with Crippen molar-refractivity contribution in [1.29, 1.82) is 0 Å². The molecule has 0 aromatic rings. The Kier molecular flexibility index (Phi) is 3.14. The van der Waals surface area contributed by atoms with Crippen molar-refractivity contribution in [2.75, 3.05) is 6.54 Å². The highest BCUT2D eigenvalue weighted by Gasteiger charge is 2.41. The summed E-state index contributed by atoms with van der Waals surface area (Å²) < 4.78 is 0. The molecule has 2 aliphatic rings. The molecule has 16 heavy (non-hydrogen) atoms. The molecule has 1 aliphatic carbocycles. The summed E-state index contributed by atoms with van der Waals surface area (Å²) in [6.07, 6.45) is 3.17. The highest BCUT2D eigenvalue weighted by atomic mass is 16.4. The van der Waals surface area contributed by atoms with Crippen molar-refractivity contribution in [2.24, 2.45) is 11.8 Å². The minimum Gasteiger partial charge on any atom is -0.480 e. The largest absolute Gasteiger partial charge is 0.480 e. The fourth-order valence-corrected chi connectivity index (χ4v) is 3.01. The van der Waals surface area contributed by atoms with E-state index in [0.717, 1.165) is 12.8 Å². The van der Waals surface area contributed by atoms with E-state index in [4.69, 9.17) is 5.11 Å². The number of hydrogen-bond acceptors (Lipinski definition) is 3. The van der Waals surface area contributed by atoms with E-state index in [1.54, 1.807) is 0 Å². The fraction of sp³-hybridized carbons (Fsp3) is 0.818. The number of carboxylic acids is 1. The minimum atomic E-state index is -0.939. The van der Waals surface area contributed by atoms with E-state index in [2.05, 4.69) is 0 Å². The highest BCUT2D eigenvalue weighted by molar-refractivity contribution is 5.76. The van der Waals surface area contributed by atoms with Crippen LogP contribution in [0.4, 0.5) is 0 Å². The summed E-state index contributed by atoms with van der Waals surface area (Å²) in [6, 6.07) is -0.705. The van der Waals surface area contributed by atoms with Gasteiger partial charge >= 0.3 is 5.97 Å². The molecule has 1 aliphatic heterocycles. The lowest BCUT2D eigenvalue weighted by atomic mass is 9.72. The smallest absolute Gasteiger partial charge is 0.326 e. The van der Waals surface area contributed by atoms with Crippen molar-refractivity contribution in [3.8, 4) is 0 Å². The van der Waals surface area contributed by atoms with Crippen LogP contribution in [0.3, 0.4) is 0 Å². The molecule has 4 atom stereocenters. The van der Waals surface area contributed by atoms with Crippen LogP contribution in [-0.4, -0.2) is 46.2 Å². The van der Waals surface area contributed by atoms with Gasteiger partial charge < -0.3 is 15.1 Å². The van der Waals surface area contributed by atoms with Crippen LogP contribution < -0.4 is 0 Å². The number of carboxylic acid groups (broad SMARTS) is 1. The van der Waals surface area contributed by atoms with Crippen molar-refractivity contribution in [1.82, 2.24) is 4.90 Å². The van der Waals surface area contributed by atoms with Gasteiger partial charge in [-0.1, -0.05) is 0 Å². The zero-order valence-electron chi connectivity index (χ0n) is 9.08. The number of aliphatic hydroxyl groups is 1. The molecule has 5 heteroatoms. The molecule has 1 saturated carbocycles. The number of aliphatic carboxylic acids is 1. The monoisotopic (exact) mass is 227 g/mol. The maximum Gasteiger partial charge on any atom is 0.326 e. The number of likely N-dealkylation sites (tertiary alicyclic amines) is 1. The summed E-state index contributed by atoms with van der Waals surface area (Å²) in [5, 5.41) is 18.6. The Morgan fingerprint density at radius 2 is 2.00 bits per heavy atom. The number of carbonyl (C=O) groups is 2. The molecular weight excluding hydrogens is 210 g/mol. The average Bonchev–Trinajstić information content (AvgIpc) is 2.27. The van der Waals surface area contributed by atoms with Gasteiger partial charge in [-0.2, -0.15) is 0 Å². The van der Waals surface area contributed by atoms with Gasteiger partial charge in [-0.3, -0.25) is 4.79 Å². The van der Waals surface area contributed by atoms with Gasteiger partial charge in [0.2, 0.25) is 6.41 Å². The number of carbonyl (C=O) groups excluding carboxylic acids is 1. The number of amides is 1. The van der Waals surface area contributed by atoms with Gasteiger partial charge in [-0.05, 0) is 37.5 Å². The predicted molar refractivity (Wildman–Crippen MR) is 55.6 cm³/mol. The lowest BCUT2D eigenvalue weighted by molar-refractivity contribution is -0.151. The molecule has 0 spiro atoms. The summed E-state index contributed by atoms with van der Waals surface area (Å²) >= 11 is 0. The molecule has 1 heterocycles. The number of piperidine rings is 1. The van der Waals surface area contributed by atoms with Crippen LogP contribution in [0.1, 0.15) is 25.7 Å². The van der Waals surface area contributed by atoms with Gasteiger partial charge in [0, 0.05) is 6.54 Å². The number of rotatable bonds is 2. The lowest BCUT2D eigenvalue weighted by Crippen LogP contribution is -2.52. The zero-order valence-corrected chi connectivity index (χ0v) is 9.08. The van der Waals surface area contributed by atoms with Gasteiger partial charge in [-0.15, -0.1) is 0 Å². The lowest BCUT2D eigenvalue weighted by Gasteiger charge is -2.44. The van der Waals surface area contributed by atoms with Crippen molar-refractivity contribution in [2.45, 2.75) is 37.8 Å². The minimum absolute atomic E-state index is 0.251. The summed E-state index contributed by atoms with van der Waals surface area (Å²) in [7, 11) is 0. The van der Waals surface area contributed by atoms with E-state index in [1.807, 2.05) is 0 Å². The quantitative estimate of drug-likeness (QED) is 0.655. The van der Waals surface area contributed by atoms with Crippen molar-refractivity contribution in [3.63, 3.8) is 0 Å². The van der Waals surface area contributed by atoms with Crippen LogP contribution in [0.15, 0.2) is 0 Å². The predicted octanol–water partition coefficient (Wildman–Crippen LogP) is 0.0789. The van der Waals surface area contributed by atoms with Crippen LogP contribution in [0.2, 0.25) is 0 Å². The van der Waals surface area contributed by atoms with Gasteiger partial charge in [0.1, 0.15) is 6.04 Å². The summed E-state index contributed by atoms with van der Waals surface area (Å²) in [5.41, 5.74) is 0. The SMILES string of the molecule is O=CN1C[C@@H]2CC[C@H](O)C[C@@H]2C[C@H]1C(=O)O. The highest BCUT2D eigenvalue weighted by Crippen LogP contribution is 2.38. The maximum absolute atomic E-state index is 11.0. The Morgan fingerprint density at radius 1 is 1.25 bits per heavy atom. The number of hydrogen-bond donors (Lipinski definition) is 2. The molecule has 0 bridgehead atoms. The Labute approximate surface area is 94.0 Å². The Hall–Kier alpha value is -1.10. The van der Waals surface area contributed by atoms with Crippen LogP contribution in [-0.2, 0) is 9.59 Å².